The van der Waals surface area contributed by atoms with Gasteiger partial charge in [0, 0.05) is 19.3 Å². The largest absolute Gasteiger partial charge is 0.497 e. The third kappa shape index (κ3) is 5.71. The number of ether oxygens (including phenoxy) is 2. The third-order valence-electron chi connectivity index (χ3n) is 2.70. The van der Waals surface area contributed by atoms with Crippen molar-refractivity contribution < 1.29 is 9.47 Å². The normalized spacial score (nSPS) is 12.4. The zero-order valence-corrected chi connectivity index (χ0v) is 10.8. The van der Waals surface area contributed by atoms with Gasteiger partial charge >= 0.3 is 0 Å². The fourth-order valence-electron chi connectivity index (χ4n) is 1.80. The highest BCUT2D eigenvalue weighted by molar-refractivity contribution is 5.28. The van der Waals surface area contributed by atoms with Crippen LogP contribution in [-0.2, 0) is 11.2 Å². The monoisotopic (exact) mass is 237 g/mol. The van der Waals surface area contributed by atoms with Crippen molar-refractivity contribution in [3.05, 3.63) is 29.8 Å². The lowest BCUT2D eigenvalue weighted by Gasteiger charge is -2.12. The number of methoxy groups -OCH3 is 1. The molecular weight excluding hydrogens is 214 g/mol. The Kier molecular flexibility index (Phi) is 6.67. The van der Waals surface area contributed by atoms with Gasteiger partial charge in [0.2, 0.25) is 0 Å². The van der Waals surface area contributed by atoms with Gasteiger partial charge in [0.1, 0.15) is 5.75 Å². The van der Waals surface area contributed by atoms with Crippen molar-refractivity contribution in [1.29, 1.82) is 0 Å². The number of hydrogen-bond donors (Lipinski definition) is 1. The SMILES string of the molecule is CCOCCCC(N)Cc1cccc(OC)c1. The standard InChI is InChI=1S/C14H23NO2/c1-3-17-9-5-7-13(15)10-12-6-4-8-14(11-12)16-2/h4,6,8,11,13H,3,5,7,9-10,15H2,1-2H3. The molecule has 1 aromatic carbocycles. The molecule has 3 nitrogen and oxygen atoms in total. The van der Waals surface area contributed by atoms with Crippen LogP contribution in [0.2, 0.25) is 0 Å². The summed E-state index contributed by atoms with van der Waals surface area (Å²) in [6, 6.07) is 8.28. The summed E-state index contributed by atoms with van der Waals surface area (Å²) in [5.74, 6) is 0.893. The Morgan fingerprint density at radius 2 is 2.18 bits per heavy atom. The van der Waals surface area contributed by atoms with Crippen molar-refractivity contribution in [2.24, 2.45) is 5.73 Å². The molecule has 0 aliphatic rings. The van der Waals surface area contributed by atoms with E-state index >= 15 is 0 Å². The Bertz CT molecular complexity index is 315. The first-order chi connectivity index (χ1) is 8.26. The Balaban J connectivity index is 2.31. The van der Waals surface area contributed by atoms with Crippen LogP contribution in [0.5, 0.6) is 5.75 Å². The van der Waals surface area contributed by atoms with Gasteiger partial charge in [0.05, 0.1) is 7.11 Å². The van der Waals surface area contributed by atoms with Crippen LogP contribution in [0.1, 0.15) is 25.3 Å². The molecule has 1 aromatic rings. The van der Waals surface area contributed by atoms with Crippen LogP contribution in [0.25, 0.3) is 0 Å². The molecule has 0 saturated heterocycles. The zero-order valence-electron chi connectivity index (χ0n) is 10.8. The molecule has 0 spiro atoms. The van der Waals surface area contributed by atoms with Crippen molar-refractivity contribution in [2.75, 3.05) is 20.3 Å². The van der Waals surface area contributed by atoms with Crippen LogP contribution in [0.4, 0.5) is 0 Å². The summed E-state index contributed by atoms with van der Waals surface area (Å²) in [4.78, 5) is 0. The summed E-state index contributed by atoms with van der Waals surface area (Å²) in [6.07, 6.45) is 2.92. The van der Waals surface area contributed by atoms with E-state index in [-0.39, 0.29) is 6.04 Å². The molecule has 0 aliphatic heterocycles. The van der Waals surface area contributed by atoms with Crippen molar-refractivity contribution >= 4 is 0 Å². The van der Waals surface area contributed by atoms with Crippen molar-refractivity contribution in [1.82, 2.24) is 0 Å². The first-order valence-electron chi connectivity index (χ1n) is 6.22. The van der Waals surface area contributed by atoms with E-state index in [9.17, 15) is 0 Å². The van der Waals surface area contributed by atoms with E-state index in [2.05, 4.69) is 6.07 Å². The third-order valence-corrected chi connectivity index (χ3v) is 2.70. The molecule has 0 bridgehead atoms. The molecule has 3 heteroatoms. The molecule has 0 heterocycles. The first kappa shape index (κ1) is 14.0. The maximum absolute atomic E-state index is 6.08. The molecule has 96 valence electrons. The van der Waals surface area contributed by atoms with Crippen LogP contribution in [-0.4, -0.2) is 26.4 Å². The Hall–Kier alpha value is -1.06. The van der Waals surface area contributed by atoms with Crippen molar-refractivity contribution in [3.63, 3.8) is 0 Å². The Labute approximate surface area is 104 Å². The van der Waals surface area contributed by atoms with Gasteiger partial charge in [0.25, 0.3) is 0 Å². The molecule has 0 amide bonds. The minimum Gasteiger partial charge on any atom is -0.497 e. The second-order valence-electron chi connectivity index (χ2n) is 4.15. The van der Waals surface area contributed by atoms with E-state index in [1.807, 2.05) is 25.1 Å². The van der Waals surface area contributed by atoms with Gasteiger partial charge in [-0.05, 0) is 43.9 Å². The summed E-state index contributed by atoms with van der Waals surface area (Å²) in [5.41, 5.74) is 7.31. The quantitative estimate of drug-likeness (QED) is 0.706. The molecule has 17 heavy (non-hydrogen) atoms. The van der Waals surface area contributed by atoms with E-state index in [1.54, 1.807) is 7.11 Å². The van der Waals surface area contributed by atoms with Gasteiger partial charge in [0.15, 0.2) is 0 Å². The lowest BCUT2D eigenvalue weighted by atomic mass is 10.0. The first-order valence-corrected chi connectivity index (χ1v) is 6.22. The fraction of sp³-hybridized carbons (Fsp3) is 0.571. The number of hydrogen-bond acceptors (Lipinski definition) is 3. The highest BCUT2D eigenvalue weighted by Crippen LogP contribution is 2.14. The molecule has 1 atom stereocenters. The van der Waals surface area contributed by atoms with Crippen LogP contribution in [0.15, 0.2) is 24.3 Å². The molecule has 0 saturated carbocycles. The summed E-state index contributed by atoms with van der Waals surface area (Å²) < 4.78 is 10.5. The molecule has 0 radical (unpaired) electrons. The van der Waals surface area contributed by atoms with Crippen LogP contribution >= 0.6 is 0 Å². The molecule has 2 N–H and O–H groups in total. The molecule has 0 aromatic heterocycles. The predicted molar refractivity (Wildman–Crippen MR) is 70.4 cm³/mol. The predicted octanol–water partition coefficient (Wildman–Crippen LogP) is 2.38. The van der Waals surface area contributed by atoms with Gasteiger partial charge in [-0.3, -0.25) is 0 Å². The fourth-order valence-corrected chi connectivity index (χ4v) is 1.80. The van der Waals surface area contributed by atoms with Crippen LogP contribution < -0.4 is 10.5 Å². The lowest BCUT2D eigenvalue weighted by molar-refractivity contribution is 0.142. The topological polar surface area (TPSA) is 44.5 Å². The highest BCUT2D eigenvalue weighted by atomic mass is 16.5. The van der Waals surface area contributed by atoms with Gasteiger partial charge in [-0.15, -0.1) is 0 Å². The average molecular weight is 237 g/mol. The van der Waals surface area contributed by atoms with Crippen molar-refractivity contribution in [2.45, 2.75) is 32.2 Å². The minimum atomic E-state index is 0.197. The second-order valence-corrected chi connectivity index (χ2v) is 4.15. The van der Waals surface area contributed by atoms with E-state index in [0.717, 1.165) is 38.2 Å². The van der Waals surface area contributed by atoms with Gasteiger partial charge in [-0.2, -0.15) is 0 Å². The van der Waals surface area contributed by atoms with E-state index in [4.69, 9.17) is 15.2 Å². The second kappa shape index (κ2) is 8.09. The Morgan fingerprint density at radius 3 is 2.88 bits per heavy atom. The molecule has 1 unspecified atom stereocenters. The summed E-state index contributed by atoms with van der Waals surface area (Å²) in [7, 11) is 1.68. The van der Waals surface area contributed by atoms with Crippen molar-refractivity contribution in [3.8, 4) is 5.75 Å². The molecular formula is C14H23NO2. The number of rotatable bonds is 8. The van der Waals surface area contributed by atoms with E-state index in [0.29, 0.717) is 0 Å². The molecule has 0 aliphatic carbocycles. The summed E-state index contributed by atoms with van der Waals surface area (Å²) in [6.45, 7) is 3.60. The average Bonchev–Trinajstić information content (AvgIpc) is 2.35. The van der Waals surface area contributed by atoms with Gasteiger partial charge < -0.3 is 15.2 Å². The molecule has 1 rings (SSSR count). The maximum atomic E-state index is 6.08. The Morgan fingerprint density at radius 1 is 1.35 bits per heavy atom. The summed E-state index contributed by atoms with van der Waals surface area (Å²) in [5, 5.41) is 0. The smallest absolute Gasteiger partial charge is 0.119 e. The maximum Gasteiger partial charge on any atom is 0.119 e. The van der Waals surface area contributed by atoms with Gasteiger partial charge in [-0.1, -0.05) is 12.1 Å². The minimum absolute atomic E-state index is 0.197. The van der Waals surface area contributed by atoms with E-state index in [1.165, 1.54) is 5.56 Å². The zero-order chi connectivity index (χ0) is 12.5. The van der Waals surface area contributed by atoms with Crippen LogP contribution in [0.3, 0.4) is 0 Å². The number of benzene rings is 1. The van der Waals surface area contributed by atoms with E-state index < -0.39 is 0 Å². The molecule has 0 fully saturated rings. The van der Waals surface area contributed by atoms with Crippen LogP contribution in [0, 0.1) is 0 Å². The highest BCUT2D eigenvalue weighted by Gasteiger charge is 2.04. The summed E-state index contributed by atoms with van der Waals surface area (Å²) >= 11 is 0. The lowest BCUT2D eigenvalue weighted by Crippen LogP contribution is -2.23. The number of nitrogens with two attached hydrogens (primary N) is 1. The van der Waals surface area contributed by atoms with Gasteiger partial charge in [-0.25, -0.2) is 0 Å².